The van der Waals surface area contributed by atoms with Crippen molar-refractivity contribution in [3.63, 3.8) is 0 Å². The Morgan fingerprint density at radius 2 is 2.00 bits per heavy atom. The summed E-state index contributed by atoms with van der Waals surface area (Å²) in [5.41, 5.74) is 0. The topological polar surface area (TPSA) is 37.3 Å². The maximum absolute atomic E-state index is 9.25. The number of aliphatic carboxylic acids is 1. The number of carboxylic acids is 1. The van der Waals surface area contributed by atoms with Crippen LogP contribution in [0.5, 0.6) is 0 Å². The van der Waals surface area contributed by atoms with Crippen LogP contribution < -0.4 is 0 Å². The molecule has 0 aromatic rings. The molecule has 0 saturated heterocycles. The Hall–Kier alpha value is -0.128. The van der Waals surface area contributed by atoms with Gasteiger partial charge in [0.25, 0.3) is 0 Å². The van der Waals surface area contributed by atoms with E-state index >= 15 is 0 Å². The molecule has 0 aromatic heterocycles. The molecular weight excluding hydrogens is 174 g/mol. The minimum atomic E-state index is -0.981. The molecule has 0 rings (SSSR count). The number of carboxylic acid groups (broad SMARTS) is 1. The molecule has 1 N–H and O–H groups in total. The molecule has 6 heavy (non-hydrogen) atoms. The van der Waals surface area contributed by atoms with E-state index in [1.54, 1.807) is 0 Å². The fourth-order valence-corrected chi connectivity index (χ4v) is 0. The van der Waals surface area contributed by atoms with Gasteiger partial charge in [-0.3, -0.25) is 0 Å². The molecule has 0 atom stereocenters. The maximum atomic E-state index is 9.25. The Morgan fingerprint density at radius 3 is 2.00 bits per heavy atom. The van der Waals surface area contributed by atoms with Gasteiger partial charge in [-0.1, -0.05) is 6.58 Å². The first-order valence-electron chi connectivity index (χ1n) is 1.12. The van der Waals surface area contributed by atoms with Gasteiger partial charge in [0.2, 0.25) is 0 Å². The van der Waals surface area contributed by atoms with Gasteiger partial charge in [-0.05, 0) is 0 Å². The second-order valence-corrected chi connectivity index (χ2v) is 0.542. The van der Waals surface area contributed by atoms with Crippen molar-refractivity contribution in [2.75, 3.05) is 0 Å². The summed E-state index contributed by atoms with van der Waals surface area (Å²) in [4.78, 5) is 9.25. The van der Waals surface area contributed by atoms with Crippen LogP contribution in [-0.4, -0.2) is 11.1 Å². The SMILES string of the molecule is C=CC(=O)O.[Pd]. The van der Waals surface area contributed by atoms with Crippen LogP contribution in [0.25, 0.3) is 0 Å². The third-order valence-electron chi connectivity index (χ3n) is 0.175. The van der Waals surface area contributed by atoms with Crippen LogP contribution in [0.2, 0.25) is 0 Å². The molecule has 0 bridgehead atoms. The van der Waals surface area contributed by atoms with Gasteiger partial charge >= 0.3 is 5.97 Å². The largest absolute Gasteiger partial charge is 0.478 e. The standard InChI is InChI=1S/C3H4O2.Pd/c1-2-3(4)5;/h2H,1H2,(H,4,5);. The van der Waals surface area contributed by atoms with E-state index in [2.05, 4.69) is 6.58 Å². The smallest absolute Gasteiger partial charge is 0.327 e. The van der Waals surface area contributed by atoms with Crippen LogP contribution in [0.15, 0.2) is 12.7 Å². The zero-order valence-corrected chi connectivity index (χ0v) is 4.51. The van der Waals surface area contributed by atoms with Gasteiger partial charge < -0.3 is 5.11 Å². The fourth-order valence-electron chi connectivity index (χ4n) is 0. The molecule has 0 radical (unpaired) electrons. The third kappa shape index (κ3) is 9.11. The van der Waals surface area contributed by atoms with Crippen molar-refractivity contribution in [3.8, 4) is 0 Å². The van der Waals surface area contributed by atoms with Crippen LogP contribution >= 0.6 is 0 Å². The summed E-state index contributed by atoms with van der Waals surface area (Å²) >= 11 is 0. The van der Waals surface area contributed by atoms with Crippen molar-refractivity contribution in [2.24, 2.45) is 0 Å². The maximum Gasteiger partial charge on any atom is 0.327 e. The first-order chi connectivity index (χ1) is 2.27. The van der Waals surface area contributed by atoms with Crippen LogP contribution in [0.3, 0.4) is 0 Å². The van der Waals surface area contributed by atoms with Gasteiger partial charge in [-0.2, -0.15) is 0 Å². The van der Waals surface area contributed by atoms with Crippen LogP contribution in [-0.2, 0) is 25.2 Å². The Bertz CT molecular complexity index is 59.8. The van der Waals surface area contributed by atoms with E-state index in [-0.39, 0.29) is 20.4 Å². The average Bonchev–Trinajstić information content (AvgIpc) is 1.38. The molecule has 0 aromatic carbocycles. The molecular formula is C3H4O2Pd. The average molecular weight is 178 g/mol. The number of hydrogen-bond donors (Lipinski definition) is 1. The normalized spacial score (nSPS) is 5.33. The van der Waals surface area contributed by atoms with E-state index in [0.717, 1.165) is 6.08 Å². The predicted octanol–water partition coefficient (Wildman–Crippen LogP) is 0.254. The Kier molecular flexibility index (Phi) is 7.55. The van der Waals surface area contributed by atoms with E-state index in [0.29, 0.717) is 0 Å². The first kappa shape index (κ1) is 9.30. The van der Waals surface area contributed by atoms with Crippen LogP contribution in [0, 0.1) is 0 Å². The van der Waals surface area contributed by atoms with Gasteiger partial charge in [0.15, 0.2) is 0 Å². The molecule has 0 saturated carbocycles. The van der Waals surface area contributed by atoms with Crippen molar-refractivity contribution >= 4 is 5.97 Å². The van der Waals surface area contributed by atoms with E-state index < -0.39 is 5.97 Å². The third-order valence-corrected chi connectivity index (χ3v) is 0.175. The summed E-state index contributed by atoms with van der Waals surface area (Å²) in [7, 11) is 0. The van der Waals surface area contributed by atoms with Gasteiger partial charge in [0, 0.05) is 26.5 Å². The molecule has 0 amide bonds. The molecule has 0 aliphatic rings. The first-order valence-corrected chi connectivity index (χ1v) is 1.12. The molecule has 3 heteroatoms. The second kappa shape index (κ2) is 4.87. The number of hydrogen-bond acceptors (Lipinski definition) is 1. The Balaban J connectivity index is 0. The summed E-state index contributed by atoms with van der Waals surface area (Å²) in [6, 6.07) is 0. The minimum absolute atomic E-state index is 0. The summed E-state index contributed by atoms with van der Waals surface area (Å²) in [5.74, 6) is -0.981. The van der Waals surface area contributed by atoms with Gasteiger partial charge in [0.05, 0.1) is 0 Å². The van der Waals surface area contributed by atoms with Crippen molar-refractivity contribution < 1.29 is 30.3 Å². The monoisotopic (exact) mass is 178 g/mol. The van der Waals surface area contributed by atoms with Gasteiger partial charge in [0.1, 0.15) is 0 Å². The Labute approximate surface area is 49.5 Å². The zero-order valence-electron chi connectivity index (χ0n) is 2.96. The molecule has 0 aliphatic carbocycles. The molecule has 0 spiro atoms. The van der Waals surface area contributed by atoms with E-state index in [9.17, 15) is 4.79 Å². The number of rotatable bonds is 1. The van der Waals surface area contributed by atoms with E-state index in [1.165, 1.54) is 0 Å². The predicted molar refractivity (Wildman–Crippen MR) is 17.8 cm³/mol. The summed E-state index contributed by atoms with van der Waals surface area (Å²) in [6.45, 7) is 2.96. The van der Waals surface area contributed by atoms with Crippen molar-refractivity contribution in [1.29, 1.82) is 0 Å². The van der Waals surface area contributed by atoms with E-state index in [1.807, 2.05) is 0 Å². The van der Waals surface area contributed by atoms with Crippen LogP contribution in [0.4, 0.5) is 0 Å². The molecule has 2 nitrogen and oxygen atoms in total. The molecule has 38 valence electrons. The van der Waals surface area contributed by atoms with Crippen LogP contribution in [0.1, 0.15) is 0 Å². The minimum Gasteiger partial charge on any atom is -0.478 e. The molecule has 0 heterocycles. The van der Waals surface area contributed by atoms with Gasteiger partial charge in [-0.25, -0.2) is 4.79 Å². The molecule has 0 aliphatic heterocycles. The summed E-state index contributed by atoms with van der Waals surface area (Å²) in [6.07, 6.45) is 0.833. The van der Waals surface area contributed by atoms with Crippen molar-refractivity contribution in [2.45, 2.75) is 0 Å². The summed E-state index contributed by atoms with van der Waals surface area (Å²) in [5, 5.41) is 7.60. The number of carbonyl (C=O) groups is 1. The molecule has 0 fully saturated rings. The van der Waals surface area contributed by atoms with E-state index in [4.69, 9.17) is 5.11 Å². The summed E-state index contributed by atoms with van der Waals surface area (Å²) < 4.78 is 0. The zero-order chi connectivity index (χ0) is 4.28. The van der Waals surface area contributed by atoms with Crippen molar-refractivity contribution in [3.05, 3.63) is 12.7 Å². The second-order valence-electron chi connectivity index (χ2n) is 0.542. The Morgan fingerprint density at radius 1 is 1.83 bits per heavy atom. The van der Waals surface area contributed by atoms with Gasteiger partial charge in [-0.15, -0.1) is 0 Å². The quantitative estimate of drug-likeness (QED) is 0.462. The fraction of sp³-hybridized carbons (Fsp3) is 0. The van der Waals surface area contributed by atoms with Crippen molar-refractivity contribution in [1.82, 2.24) is 0 Å². The molecule has 0 unspecified atom stereocenters.